The lowest BCUT2D eigenvalue weighted by Gasteiger charge is -2.44. The van der Waals surface area contributed by atoms with E-state index in [4.69, 9.17) is 6.57 Å². The van der Waals surface area contributed by atoms with Crippen LogP contribution in [0.3, 0.4) is 0 Å². The Morgan fingerprint density at radius 1 is 1.24 bits per heavy atom. The van der Waals surface area contributed by atoms with Crippen LogP contribution in [0.5, 0.6) is 0 Å². The Balaban J connectivity index is 1.74. The summed E-state index contributed by atoms with van der Waals surface area (Å²) in [5, 5.41) is 9.86. The van der Waals surface area contributed by atoms with Crippen molar-refractivity contribution in [2.45, 2.75) is 39.8 Å². The maximum atomic E-state index is 13.0. The van der Waals surface area contributed by atoms with Gasteiger partial charge in [-0.15, -0.1) is 4.98 Å². The maximum Gasteiger partial charge on any atom is 0.271 e. The normalized spacial score (nSPS) is 17.5. The molecule has 1 fully saturated rings. The van der Waals surface area contributed by atoms with E-state index in [1.54, 1.807) is 19.2 Å². The standard InChI is InChI=1S/C26H28N6O/c1-16-7-8-17(2)20(13-16)19(4)32-12-11-31(15-18(32)3)25-21(14-27)26(33)30(6)22-9-10-23(28-5)29-24(22)25/h7-10,13,18-19H,11-12,15H2,1-4,6H3/t18-,19?/m1/s1. The van der Waals surface area contributed by atoms with E-state index in [0.29, 0.717) is 29.8 Å². The first kappa shape index (κ1) is 22.5. The highest BCUT2D eigenvalue weighted by molar-refractivity contribution is 5.92. The van der Waals surface area contributed by atoms with Crippen molar-refractivity contribution >= 4 is 22.5 Å². The van der Waals surface area contributed by atoms with E-state index >= 15 is 0 Å². The number of aryl methyl sites for hydroxylation is 3. The van der Waals surface area contributed by atoms with E-state index in [9.17, 15) is 10.1 Å². The third-order valence-electron chi connectivity index (χ3n) is 6.80. The molecule has 1 aliphatic rings. The Morgan fingerprint density at radius 2 is 2.00 bits per heavy atom. The Hall–Kier alpha value is -3.68. The van der Waals surface area contributed by atoms with Gasteiger partial charge in [-0.3, -0.25) is 9.69 Å². The van der Waals surface area contributed by atoms with Crippen molar-refractivity contribution in [1.82, 2.24) is 14.5 Å². The molecule has 2 aromatic heterocycles. The van der Waals surface area contributed by atoms with Crippen LogP contribution in [-0.4, -0.2) is 40.1 Å². The van der Waals surface area contributed by atoms with Gasteiger partial charge in [-0.25, -0.2) is 0 Å². The number of aromatic nitrogens is 2. The molecule has 7 heteroatoms. The van der Waals surface area contributed by atoms with Crippen LogP contribution in [0.2, 0.25) is 0 Å². The van der Waals surface area contributed by atoms with Crippen LogP contribution < -0.4 is 10.5 Å². The Bertz CT molecular complexity index is 1380. The molecule has 0 radical (unpaired) electrons. The molecule has 0 amide bonds. The number of anilines is 1. The highest BCUT2D eigenvalue weighted by Crippen LogP contribution is 2.33. The monoisotopic (exact) mass is 440 g/mol. The van der Waals surface area contributed by atoms with Gasteiger partial charge in [0.1, 0.15) is 17.3 Å². The average Bonchev–Trinajstić information content (AvgIpc) is 2.81. The first-order valence-electron chi connectivity index (χ1n) is 11.2. The van der Waals surface area contributed by atoms with Gasteiger partial charge in [-0.1, -0.05) is 30.3 Å². The molecule has 3 heterocycles. The van der Waals surface area contributed by atoms with E-state index in [1.807, 2.05) is 0 Å². The molecule has 1 unspecified atom stereocenters. The average molecular weight is 441 g/mol. The molecule has 0 saturated carbocycles. The number of rotatable bonds is 3. The van der Waals surface area contributed by atoms with Gasteiger partial charge < -0.3 is 14.3 Å². The number of hydrogen-bond acceptors (Lipinski definition) is 5. The Labute approximate surface area is 194 Å². The number of nitrogens with zero attached hydrogens (tertiary/aromatic N) is 6. The van der Waals surface area contributed by atoms with Gasteiger partial charge in [0.25, 0.3) is 11.4 Å². The second-order valence-electron chi connectivity index (χ2n) is 8.92. The fourth-order valence-electron chi connectivity index (χ4n) is 4.99. The predicted molar refractivity (Wildman–Crippen MR) is 131 cm³/mol. The van der Waals surface area contributed by atoms with Crippen LogP contribution in [0, 0.1) is 31.8 Å². The fraction of sp³-hybridized carbons (Fsp3) is 0.385. The first-order chi connectivity index (χ1) is 15.8. The zero-order chi connectivity index (χ0) is 23.9. The molecule has 0 spiro atoms. The number of piperazine rings is 1. The van der Waals surface area contributed by atoms with Crippen LogP contribution in [0.15, 0.2) is 35.1 Å². The molecule has 7 nitrogen and oxygen atoms in total. The second-order valence-corrected chi connectivity index (χ2v) is 8.92. The first-order valence-corrected chi connectivity index (χ1v) is 11.2. The number of nitriles is 1. The second kappa shape index (κ2) is 8.69. The van der Waals surface area contributed by atoms with Crippen LogP contribution in [0.1, 0.15) is 42.1 Å². The van der Waals surface area contributed by atoms with Gasteiger partial charge in [-0.05, 0) is 51.0 Å². The van der Waals surface area contributed by atoms with Gasteiger partial charge in [0, 0.05) is 38.8 Å². The molecule has 0 bridgehead atoms. The van der Waals surface area contributed by atoms with Crippen molar-refractivity contribution in [3.8, 4) is 6.07 Å². The van der Waals surface area contributed by atoms with Gasteiger partial charge in [-0.2, -0.15) is 5.26 Å². The molecule has 1 aliphatic heterocycles. The molecular weight excluding hydrogens is 412 g/mol. The quantitative estimate of drug-likeness (QED) is 0.570. The zero-order valence-corrected chi connectivity index (χ0v) is 19.8. The van der Waals surface area contributed by atoms with Crippen molar-refractivity contribution in [2.24, 2.45) is 7.05 Å². The minimum Gasteiger partial charge on any atom is -0.364 e. The van der Waals surface area contributed by atoms with E-state index in [1.165, 1.54) is 21.3 Å². The summed E-state index contributed by atoms with van der Waals surface area (Å²) < 4.78 is 1.44. The molecule has 33 heavy (non-hydrogen) atoms. The fourth-order valence-corrected chi connectivity index (χ4v) is 4.99. The van der Waals surface area contributed by atoms with Gasteiger partial charge in [0.2, 0.25) is 5.52 Å². The molecule has 0 aliphatic carbocycles. The summed E-state index contributed by atoms with van der Waals surface area (Å²) >= 11 is 0. The van der Waals surface area contributed by atoms with E-state index in [0.717, 1.165) is 6.54 Å². The molecular formula is C26H28N6O. The number of hydrogen-bond donors (Lipinski definition) is 0. The summed E-state index contributed by atoms with van der Waals surface area (Å²) in [5.41, 5.74) is 5.32. The summed E-state index contributed by atoms with van der Waals surface area (Å²) in [6, 6.07) is 12.5. The molecule has 3 aromatic rings. The van der Waals surface area contributed by atoms with Crippen molar-refractivity contribution < 1.29 is 0 Å². The third kappa shape index (κ3) is 3.86. The number of benzene rings is 1. The van der Waals surface area contributed by atoms with E-state index in [2.05, 4.69) is 71.6 Å². The Kier molecular flexibility index (Phi) is 5.93. The summed E-state index contributed by atoms with van der Waals surface area (Å²) in [7, 11) is 1.64. The maximum absolute atomic E-state index is 13.0. The molecule has 4 rings (SSSR count). The van der Waals surface area contributed by atoms with Crippen LogP contribution >= 0.6 is 0 Å². The molecule has 168 valence electrons. The molecule has 0 N–H and O–H groups in total. The lowest BCUT2D eigenvalue weighted by Crippen LogP contribution is -2.53. The van der Waals surface area contributed by atoms with Gasteiger partial charge in [0.05, 0.1) is 5.52 Å². The van der Waals surface area contributed by atoms with Crippen molar-refractivity contribution in [2.75, 3.05) is 24.5 Å². The van der Waals surface area contributed by atoms with Crippen LogP contribution in [-0.2, 0) is 7.05 Å². The van der Waals surface area contributed by atoms with Crippen molar-refractivity contribution in [1.29, 1.82) is 5.26 Å². The van der Waals surface area contributed by atoms with Crippen LogP contribution in [0.25, 0.3) is 15.9 Å². The van der Waals surface area contributed by atoms with E-state index in [-0.39, 0.29) is 29.0 Å². The number of pyridine rings is 2. The van der Waals surface area contributed by atoms with Gasteiger partial charge >= 0.3 is 0 Å². The number of fused-ring (bicyclic) bond motifs is 1. The smallest absolute Gasteiger partial charge is 0.271 e. The minimum atomic E-state index is -0.337. The lowest BCUT2D eigenvalue weighted by atomic mass is 9.97. The Morgan fingerprint density at radius 3 is 2.67 bits per heavy atom. The SMILES string of the molecule is [C-]#[N+]c1ccc2c(n1)c(N1CCN(C(C)c3cc(C)ccc3C)[C@H](C)C1)c(C#N)c(=O)n2C. The van der Waals surface area contributed by atoms with Crippen LogP contribution in [0.4, 0.5) is 11.5 Å². The predicted octanol–water partition coefficient (Wildman–Crippen LogP) is 4.24. The molecule has 2 atom stereocenters. The minimum absolute atomic E-state index is 0.0860. The highest BCUT2D eigenvalue weighted by Gasteiger charge is 2.32. The molecule has 1 saturated heterocycles. The molecule has 1 aromatic carbocycles. The van der Waals surface area contributed by atoms with E-state index < -0.39 is 0 Å². The summed E-state index contributed by atoms with van der Waals surface area (Å²) in [4.78, 5) is 25.5. The topological polar surface area (TPSA) is 69.5 Å². The van der Waals surface area contributed by atoms with Crippen molar-refractivity contribution in [3.05, 3.63) is 74.4 Å². The van der Waals surface area contributed by atoms with Gasteiger partial charge in [0.15, 0.2) is 0 Å². The summed E-state index contributed by atoms with van der Waals surface area (Å²) in [6.07, 6.45) is 0. The highest BCUT2D eigenvalue weighted by atomic mass is 16.1. The largest absolute Gasteiger partial charge is 0.364 e. The van der Waals surface area contributed by atoms with Crippen molar-refractivity contribution in [3.63, 3.8) is 0 Å². The third-order valence-corrected chi connectivity index (χ3v) is 6.80. The summed E-state index contributed by atoms with van der Waals surface area (Å²) in [6.45, 7) is 18.2. The zero-order valence-electron chi connectivity index (χ0n) is 19.8. The summed E-state index contributed by atoms with van der Waals surface area (Å²) in [5.74, 6) is 0.251. The lowest BCUT2D eigenvalue weighted by molar-refractivity contribution is 0.138.